The van der Waals surface area contributed by atoms with Gasteiger partial charge in [0.25, 0.3) is 5.91 Å². The first-order valence-corrected chi connectivity index (χ1v) is 13.5. The Bertz CT molecular complexity index is 1520. The maximum Gasteiger partial charge on any atom is 0.257 e. The number of ether oxygens (including phenoxy) is 1. The van der Waals surface area contributed by atoms with Gasteiger partial charge in [0.1, 0.15) is 16.8 Å². The first kappa shape index (κ1) is 25.1. The van der Waals surface area contributed by atoms with E-state index in [9.17, 15) is 9.59 Å². The van der Waals surface area contributed by atoms with Gasteiger partial charge in [-0.3, -0.25) is 9.59 Å². The second kappa shape index (κ2) is 10.9. The number of carbonyl (C=O) groups is 1. The summed E-state index contributed by atoms with van der Waals surface area (Å²) >= 11 is 0. The van der Waals surface area contributed by atoms with Crippen LogP contribution in [0.25, 0.3) is 16.7 Å². The molecule has 0 saturated carbocycles. The number of piperidine rings is 1. The summed E-state index contributed by atoms with van der Waals surface area (Å²) in [6, 6.07) is 7.76. The standard InChI is InChI=1S/C28H32N8O3/c29-25-23-24(37)22(27(38)31-15-19-6-8-20(9-7-19)35-13-10-30-18-35)17-36(16-21-5-4-14-39-21)26(23)33-28(32-25)34-11-2-1-3-12-34/h6-10,13,17-18,21H,1-5,11-12,14-16H2,(H,31,38)(H2,29,32,33). The summed E-state index contributed by atoms with van der Waals surface area (Å²) in [4.78, 5) is 42.3. The molecule has 0 spiro atoms. The zero-order valence-electron chi connectivity index (χ0n) is 21.8. The molecule has 2 aliphatic rings. The van der Waals surface area contributed by atoms with Gasteiger partial charge in [0.05, 0.1) is 19.0 Å². The van der Waals surface area contributed by atoms with Crippen molar-refractivity contribution < 1.29 is 9.53 Å². The number of hydrogen-bond donors (Lipinski definition) is 2. The predicted molar refractivity (Wildman–Crippen MR) is 148 cm³/mol. The summed E-state index contributed by atoms with van der Waals surface area (Å²) < 4.78 is 9.60. The molecule has 11 heteroatoms. The molecule has 1 aromatic carbocycles. The third-order valence-corrected chi connectivity index (χ3v) is 7.43. The number of benzene rings is 1. The number of carbonyl (C=O) groups excluding carboxylic acids is 1. The molecular weight excluding hydrogens is 496 g/mol. The van der Waals surface area contributed by atoms with Gasteiger partial charge in [-0.25, -0.2) is 4.98 Å². The normalized spacial score (nSPS) is 17.5. The lowest BCUT2D eigenvalue weighted by Gasteiger charge is -2.27. The van der Waals surface area contributed by atoms with Crippen LogP contribution in [0.3, 0.4) is 0 Å². The van der Waals surface area contributed by atoms with Crippen molar-refractivity contribution in [2.75, 3.05) is 30.3 Å². The molecule has 11 nitrogen and oxygen atoms in total. The van der Waals surface area contributed by atoms with E-state index in [0.717, 1.165) is 50.0 Å². The van der Waals surface area contributed by atoms with Gasteiger partial charge in [-0.05, 0) is 49.8 Å². The van der Waals surface area contributed by atoms with Gasteiger partial charge in [-0.15, -0.1) is 0 Å². The van der Waals surface area contributed by atoms with Gasteiger partial charge in [-0.2, -0.15) is 9.97 Å². The van der Waals surface area contributed by atoms with E-state index in [2.05, 4.69) is 20.2 Å². The SMILES string of the molecule is Nc1nc(N2CCCCC2)nc2c1c(=O)c(C(=O)NCc1ccc(-n3ccnc3)cc1)cn2CC1CCCO1. The molecule has 0 bridgehead atoms. The number of nitrogens with one attached hydrogen (secondary N) is 1. The smallest absolute Gasteiger partial charge is 0.257 e. The van der Waals surface area contributed by atoms with Crippen molar-refractivity contribution in [1.29, 1.82) is 0 Å². The third kappa shape index (κ3) is 5.22. The second-order valence-corrected chi connectivity index (χ2v) is 10.1. The Hall–Kier alpha value is -4.25. The number of nitrogen functional groups attached to an aromatic ring is 1. The third-order valence-electron chi connectivity index (χ3n) is 7.43. The van der Waals surface area contributed by atoms with Crippen LogP contribution < -0.4 is 21.4 Å². The summed E-state index contributed by atoms with van der Waals surface area (Å²) in [5.74, 6) is 0.147. The van der Waals surface area contributed by atoms with Gasteiger partial charge < -0.3 is 29.8 Å². The van der Waals surface area contributed by atoms with Gasteiger partial charge >= 0.3 is 0 Å². The fourth-order valence-electron chi connectivity index (χ4n) is 5.31. The van der Waals surface area contributed by atoms with Crippen LogP contribution in [0.5, 0.6) is 0 Å². The van der Waals surface area contributed by atoms with Crippen molar-refractivity contribution in [3.05, 3.63) is 70.5 Å². The molecule has 1 amide bonds. The van der Waals surface area contributed by atoms with Crippen LogP contribution in [0.4, 0.5) is 11.8 Å². The van der Waals surface area contributed by atoms with E-state index in [-0.39, 0.29) is 29.4 Å². The van der Waals surface area contributed by atoms with Crippen molar-refractivity contribution in [2.45, 2.75) is 51.3 Å². The lowest BCUT2D eigenvalue weighted by Crippen LogP contribution is -2.33. The van der Waals surface area contributed by atoms with Crippen molar-refractivity contribution in [2.24, 2.45) is 0 Å². The maximum atomic E-state index is 13.6. The fraction of sp³-hybridized carbons (Fsp3) is 0.393. The molecule has 2 fully saturated rings. The molecule has 202 valence electrons. The molecule has 4 aromatic rings. The Balaban J connectivity index is 1.30. The summed E-state index contributed by atoms with van der Waals surface area (Å²) in [5.41, 5.74) is 8.22. The van der Waals surface area contributed by atoms with Crippen LogP contribution in [0.1, 0.15) is 48.0 Å². The number of anilines is 2. The molecule has 1 atom stereocenters. The quantitative estimate of drug-likeness (QED) is 0.374. The second-order valence-electron chi connectivity index (χ2n) is 10.1. The molecule has 1 unspecified atom stereocenters. The minimum atomic E-state index is -0.471. The summed E-state index contributed by atoms with van der Waals surface area (Å²) in [7, 11) is 0. The Kier molecular flexibility index (Phi) is 6.97. The molecule has 0 aliphatic carbocycles. The van der Waals surface area contributed by atoms with Gasteiger partial charge in [0.2, 0.25) is 11.4 Å². The molecule has 3 aromatic heterocycles. The number of pyridine rings is 1. The van der Waals surface area contributed by atoms with Crippen molar-refractivity contribution in [3.63, 3.8) is 0 Å². The van der Waals surface area contributed by atoms with E-state index >= 15 is 0 Å². The van der Waals surface area contributed by atoms with E-state index < -0.39 is 11.3 Å². The molecule has 39 heavy (non-hydrogen) atoms. The van der Waals surface area contributed by atoms with Crippen LogP contribution in [0, 0.1) is 0 Å². The Morgan fingerprint density at radius 3 is 2.64 bits per heavy atom. The first-order valence-electron chi connectivity index (χ1n) is 13.5. The van der Waals surface area contributed by atoms with Crippen molar-refractivity contribution in [1.82, 2.24) is 29.4 Å². The van der Waals surface area contributed by atoms with Crippen LogP contribution in [-0.4, -0.2) is 55.8 Å². The zero-order valence-corrected chi connectivity index (χ0v) is 21.8. The average Bonchev–Trinajstić information content (AvgIpc) is 3.69. The van der Waals surface area contributed by atoms with Gasteiger partial charge in [0, 0.05) is 50.5 Å². The molecule has 6 rings (SSSR count). The van der Waals surface area contributed by atoms with E-state index in [0.29, 0.717) is 24.7 Å². The largest absolute Gasteiger partial charge is 0.383 e. The average molecular weight is 529 g/mol. The van der Waals surface area contributed by atoms with Crippen LogP contribution >= 0.6 is 0 Å². The molecule has 5 heterocycles. The Morgan fingerprint density at radius 1 is 1.10 bits per heavy atom. The van der Waals surface area contributed by atoms with E-state index in [1.54, 1.807) is 18.7 Å². The highest BCUT2D eigenvalue weighted by Gasteiger charge is 2.24. The first-order chi connectivity index (χ1) is 19.1. The maximum absolute atomic E-state index is 13.6. The fourth-order valence-corrected chi connectivity index (χ4v) is 5.31. The lowest BCUT2D eigenvalue weighted by molar-refractivity contribution is 0.0937. The highest BCUT2D eigenvalue weighted by Crippen LogP contribution is 2.24. The number of nitrogens with two attached hydrogens (primary N) is 1. The minimum Gasteiger partial charge on any atom is -0.383 e. The van der Waals surface area contributed by atoms with E-state index in [1.165, 1.54) is 6.42 Å². The van der Waals surface area contributed by atoms with Crippen LogP contribution in [0.15, 0.2) is 54.0 Å². The summed E-state index contributed by atoms with van der Waals surface area (Å²) in [6.07, 6.45) is 12.1. The predicted octanol–water partition coefficient (Wildman–Crippen LogP) is 2.66. The highest BCUT2D eigenvalue weighted by molar-refractivity contribution is 5.99. The summed E-state index contributed by atoms with van der Waals surface area (Å²) in [6.45, 7) is 3.15. The van der Waals surface area contributed by atoms with Crippen molar-refractivity contribution in [3.8, 4) is 5.69 Å². The van der Waals surface area contributed by atoms with Gasteiger partial charge in [-0.1, -0.05) is 12.1 Å². The van der Waals surface area contributed by atoms with Crippen molar-refractivity contribution >= 4 is 28.7 Å². The van der Waals surface area contributed by atoms with E-state index in [1.807, 2.05) is 39.6 Å². The zero-order chi connectivity index (χ0) is 26.8. The van der Waals surface area contributed by atoms with Gasteiger partial charge in [0.15, 0.2) is 5.65 Å². The molecular formula is C28H32N8O3. The monoisotopic (exact) mass is 528 g/mol. The Labute approximate surface area is 225 Å². The lowest BCUT2D eigenvalue weighted by atomic mass is 10.1. The number of aromatic nitrogens is 5. The molecule has 0 radical (unpaired) electrons. The Morgan fingerprint density at radius 2 is 1.92 bits per heavy atom. The highest BCUT2D eigenvalue weighted by atomic mass is 16.5. The van der Waals surface area contributed by atoms with E-state index in [4.69, 9.17) is 15.5 Å². The number of imidazole rings is 1. The number of amides is 1. The minimum absolute atomic E-state index is 0.0107. The summed E-state index contributed by atoms with van der Waals surface area (Å²) in [5, 5.41) is 3.06. The number of rotatable bonds is 7. The number of hydrogen-bond acceptors (Lipinski definition) is 8. The van der Waals surface area contributed by atoms with Crippen LogP contribution in [-0.2, 0) is 17.8 Å². The molecule has 3 N–H and O–H groups in total. The molecule has 2 saturated heterocycles. The molecule has 2 aliphatic heterocycles. The number of nitrogens with zero attached hydrogens (tertiary/aromatic N) is 6. The topological polar surface area (TPSA) is 133 Å². The van der Waals surface area contributed by atoms with Crippen LogP contribution in [0.2, 0.25) is 0 Å². The number of fused-ring (bicyclic) bond motifs is 1.